The Morgan fingerprint density at radius 3 is 2.73 bits per heavy atom. The molecule has 6 rings (SSSR count). The molecule has 3 aliphatic carbocycles. The van der Waals surface area contributed by atoms with E-state index >= 15 is 4.39 Å². The van der Waals surface area contributed by atoms with Gasteiger partial charge in [0.1, 0.15) is 23.9 Å². The van der Waals surface area contributed by atoms with E-state index in [0.717, 1.165) is 46.4 Å². The van der Waals surface area contributed by atoms with Gasteiger partial charge in [-0.15, -0.1) is 6.58 Å². The number of hydrogen-bond donors (Lipinski definition) is 1. The zero-order valence-electron chi connectivity index (χ0n) is 21.4. The maximum atomic E-state index is 15.1. The van der Waals surface area contributed by atoms with Crippen molar-refractivity contribution in [3.63, 3.8) is 0 Å². The van der Waals surface area contributed by atoms with Crippen LogP contribution in [0.4, 0.5) is 4.39 Å². The van der Waals surface area contributed by atoms with Gasteiger partial charge in [-0.1, -0.05) is 44.2 Å². The summed E-state index contributed by atoms with van der Waals surface area (Å²) in [6.07, 6.45) is 4.46. The van der Waals surface area contributed by atoms with E-state index < -0.39 is 5.97 Å². The third kappa shape index (κ3) is 3.51. The van der Waals surface area contributed by atoms with E-state index in [0.29, 0.717) is 24.3 Å². The molecule has 0 radical (unpaired) electrons. The summed E-state index contributed by atoms with van der Waals surface area (Å²) in [5, 5.41) is 9.55. The minimum absolute atomic E-state index is 0.108. The first kappa shape index (κ1) is 23.8. The topological polar surface area (TPSA) is 55.8 Å². The number of aliphatic carboxylic acids is 1. The number of allylic oxidation sites excluding steroid dienone is 1. The summed E-state index contributed by atoms with van der Waals surface area (Å²) in [7, 11) is 1.62. The Hall–Kier alpha value is -3.60. The van der Waals surface area contributed by atoms with Crippen LogP contribution in [0.15, 0.2) is 61.2 Å². The second kappa shape index (κ2) is 8.20. The number of carboxylic acids is 1. The summed E-state index contributed by atoms with van der Waals surface area (Å²) >= 11 is 0. The van der Waals surface area contributed by atoms with Crippen molar-refractivity contribution >= 4 is 5.97 Å². The van der Waals surface area contributed by atoms with Gasteiger partial charge in [-0.3, -0.25) is 4.79 Å². The molecule has 1 saturated carbocycles. The monoisotopic (exact) mass is 498 g/mol. The summed E-state index contributed by atoms with van der Waals surface area (Å²) in [6, 6.07) is 15.3. The zero-order valence-corrected chi connectivity index (χ0v) is 21.4. The predicted molar refractivity (Wildman–Crippen MR) is 141 cm³/mol. The third-order valence-electron chi connectivity index (χ3n) is 8.87. The second-order valence-electron chi connectivity index (χ2n) is 11.3. The normalized spacial score (nSPS) is 22.8. The predicted octanol–water partition coefficient (Wildman–Crippen LogP) is 7.03. The molecule has 3 aromatic carbocycles. The molecule has 0 bridgehead atoms. The first-order valence-electron chi connectivity index (χ1n) is 12.8. The lowest BCUT2D eigenvalue weighted by Crippen LogP contribution is -2.19. The van der Waals surface area contributed by atoms with E-state index in [1.807, 2.05) is 30.3 Å². The van der Waals surface area contributed by atoms with Crippen LogP contribution in [0.25, 0.3) is 11.1 Å². The van der Waals surface area contributed by atoms with Crippen LogP contribution in [-0.4, -0.2) is 18.2 Å². The number of rotatable bonds is 7. The molecule has 5 heteroatoms. The van der Waals surface area contributed by atoms with Crippen LogP contribution in [0.1, 0.15) is 60.4 Å². The molecular formula is C32H31FO4. The fraction of sp³-hybridized carbons (Fsp3) is 0.344. The molecule has 3 atom stereocenters. The fourth-order valence-electron chi connectivity index (χ4n) is 6.72. The van der Waals surface area contributed by atoms with E-state index in [1.54, 1.807) is 13.2 Å². The lowest BCUT2D eigenvalue weighted by atomic mass is 9.73. The number of carboxylic acid groups (broad SMARTS) is 1. The van der Waals surface area contributed by atoms with Crippen LogP contribution in [0.2, 0.25) is 0 Å². The smallest absolute Gasteiger partial charge is 0.307 e. The summed E-state index contributed by atoms with van der Waals surface area (Å²) in [6.45, 7) is 8.65. The lowest BCUT2D eigenvalue weighted by Gasteiger charge is -2.31. The first-order valence-corrected chi connectivity index (χ1v) is 12.8. The standard InChI is InChI=1S/C32H31FO4/c1-5-31(2,3)29-22-14-18(6-9-21(22)27-25(33)10-11-26(36-4)28(27)29)17-37-20-8-7-19-12-13-32(23(19)15-20)16-24(32)30(34)35/h5-11,14-15,24,29H,1,12-13,16-17H2,2-4H3,(H,34,35). The van der Waals surface area contributed by atoms with Gasteiger partial charge in [0.05, 0.1) is 13.0 Å². The molecule has 37 heavy (non-hydrogen) atoms. The number of aryl methyl sites for hydroxylation is 1. The Kier molecular flexibility index (Phi) is 5.27. The van der Waals surface area contributed by atoms with Gasteiger partial charge in [0.25, 0.3) is 0 Å². The highest BCUT2D eigenvalue weighted by atomic mass is 19.1. The Morgan fingerprint density at radius 1 is 1.22 bits per heavy atom. The largest absolute Gasteiger partial charge is 0.496 e. The number of hydrogen-bond acceptors (Lipinski definition) is 3. The van der Waals surface area contributed by atoms with Gasteiger partial charge in [0.15, 0.2) is 0 Å². The minimum atomic E-state index is -0.705. The van der Waals surface area contributed by atoms with Crippen LogP contribution >= 0.6 is 0 Å². The average molecular weight is 499 g/mol. The zero-order chi connectivity index (χ0) is 26.1. The quantitative estimate of drug-likeness (QED) is 0.356. The molecule has 4 nitrogen and oxygen atoms in total. The van der Waals surface area contributed by atoms with Gasteiger partial charge in [-0.25, -0.2) is 4.39 Å². The van der Waals surface area contributed by atoms with Crippen LogP contribution in [-0.2, 0) is 23.2 Å². The maximum Gasteiger partial charge on any atom is 0.307 e. The molecule has 1 fully saturated rings. The number of halogens is 1. The van der Waals surface area contributed by atoms with Gasteiger partial charge in [-0.2, -0.15) is 0 Å². The van der Waals surface area contributed by atoms with Crippen molar-refractivity contribution in [2.75, 3.05) is 7.11 Å². The van der Waals surface area contributed by atoms with Crippen molar-refractivity contribution in [1.82, 2.24) is 0 Å². The highest BCUT2D eigenvalue weighted by Gasteiger charge is 2.61. The number of fused-ring (bicyclic) bond motifs is 5. The van der Waals surface area contributed by atoms with E-state index in [4.69, 9.17) is 9.47 Å². The van der Waals surface area contributed by atoms with Gasteiger partial charge in [-0.05, 0) is 76.8 Å². The molecule has 1 spiro atoms. The van der Waals surface area contributed by atoms with Gasteiger partial charge in [0, 0.05) is 22.5 Å². The Balaban J connectivity index is 1.32. The van der Waals surface area contributed by atoms with Crippen molar-refractivity contribution in [3.05, 3.63) is 94.8 Å². The van der Waals surface area contributed by atoms with Crippen molar-refractivity contribution in [2.24, 2.45) is 11.3 Å². The number of ether oxygens (including phenoxy) is 2. The SMILES string of the molecule is C=CC(C)(C)C1c2cc(COc3ccc4c(c3)C3(CC4)CC3C(=O)O)ccc2-c2c(F)ccc(OC)c21. The molecule has 0 aliphatic heterocycles. The third-order valence-corrected chi connectivity index (χ3v) is 8.87. The molecule has 3 aromatic rings. The molecule has 0 amide bonds. The summed E-state index contributed by atoms with van der Waals surface area (Å²) < 4.78 is 27.0. The Labute approximate surface area is 216 Å². The van der Waals surface area contributed by atoms with Crippen LogP contribution in [0.3, 0.4) is 0 Å². The number of carbonyl (C=O) groups is 1. The summed E-state index contributed by atoms with van der Waals surface area (Å²) in [5.41, 5.74) is 6.19. The molecular weight excluding hydrogens is 467 g/mol. The molecule has 1 N–H and O–H groups in total. The molecule has 3 aliphatic rings. The molecule has 190 valence electrons. The second-order valence-corrected chi connectivity index (χ2v) is 11.3. The van der Waals surface area contributed by atoms with Gasteiger partial charge in [0.2, 0.25) is 0 Å². The Bertz CT molecular complexity index is 1460. The fourth-order valence-corrected chi connectivity index (χ4v) is 6.72. The van der Waals surface area contributed by atoms with Gasteiger partial charge >= 0.3 is 5.97 Å². The Morgan fingerprint density at radius 2 is 2.03 bits per heavy atom. The average Bonchev–Trinajstić information content (AvgIpc) is 3.37. The van der Waals surface area contributed by atoms with E-state index in [2.05, 4.69) is 32.6 Å². The highest BCUT2D eigenvalue weighted by molar-refractivity contribution is 5.82. The van der Waals surface area contributed by atoms with E-state index in [-0.39, 0.29) is 28.5 Å². The highest BCUT2D eigenvalue weighted by Crippen LogP contribution is 2.62. The van der Waals surface area contributed by atoms with Crippen LogP contribution in [0.5, 0.6) is 11.5 Å². The number of methoxy groups -OCH3 is 1. The van der Waals surface area contributed by atoms with Crippen molar-refractivity contribution in [2.45, 2.75) is 51.0 Å². The summed E-state index contributed by atoms with van der Waals surface area (Å²) in [4.78, 5) is 11.6. The lowest BCUT2D eigenvalue weighted by molar-refractivity contribution is -0.139. The van der Waals surface area contributed by atoms with Crippen molar-refractivity contribution in [1.29, 1.82) is 0 Å². The molecule has 0 aromatic heterocycles. The van der Waals surface area contributed by atoms with Crippen LogP contribution < -0.4 is 9.47 Å². The molecule has 0 heterocycles. The minimum Gasteiger partial charge on any atom is -0.496 e. The van der Waals surface area contributed by atoms with Crippen LogP contribution in [0, 0.1) is 17.2 Å². The summed E-state index contributed by atoms with van der Waals surface area (Å²) in [5.74, 6) is 0.0689. The van der Waals surface area contributed by atoms with Gasteiger partial charge < -0.3 is 14.6 Å². The van der Waals surface area contributed by atoms with E-state index in [1.165, 1.54) is 11.6 Å². The molecule has 3 unspecified atom stereocenters. The first-order chi connectivity index (χ1) is 17.7. The maximum absolute atomic E-state index is 15.1. The van der Waals surface area contributed by atoms with Crippen molar-refractivity contribution < 1.29 is 23.8 Å². The van der Waals surface area contributed by atoms with Crippen molar-refractivity contribution in [3.8, 4) is 22.6 Å². The molecule has 0 saturated heterocycles. The van der Waals surface area contributed by atoms with E-state index in [9.17, 15) is 9.90 Å². The number of benzene rings is 3.